The molecule has 35 heavy (non-hydrogen) atoms. The third-order valence-corrected chi connectivity index (χ3v) is 6.53. The van der Waals surface area contributed by atoms with Gasteiger partial charge in [-0.25, -0.2) is 4.99 Å². The minimum absolute atomic E-state index is 0.657. The molecule has 0 radical (unpaired) electrons. The third kappa shape index (κ3) is 3.87. The summed E-state index contributed by atoms with van der Waals surface area (Å²) in [4.78, 5) is 6.79. The molecule has 6 heteroatoms. The molecule has 0 saturated heterocycles. The van der Waals surface area contributed by atoms with E-state index >= 15 is 0 Å². The van der Waals surface area contributed by atoms with E-state index < -0.39 is 0 Å². The first-order chi connectivity index (χ1) is 17.2. The summed E-state index contributed by atoms with van der Waals surface area (Å²) in [5.41, 5.74) is 5.97. The minimum atomic E-state index is 0.657. The van der Waals surface area contributed by atoms with Gasteiger partial charge in [0.25, 0.3) is 5.68 Å². The number of rotatable bonds is 5. The van der Waals surface area contributed by atoms with E-state index in [0.29, 0.717) is 12.2 Å². The number of aryl methyl sites for hydroxylation is 2. The Bertz CT molecular complexity index is 1640. The Labute approximate surface area is 203 Å². The molecule has 0 unspecified atom stereocenters. The largest absolute Gasteiger partial charge is 0.439 e. The molecule has 0 aliphatic carbocycles. The number of nitrogens with zero attached hydrogens (tertiary/aromatic N) is 4. The lowest BCUT2D eigenvalue weighted by Gasteiger charge is -2.11. The molecule has 0 atom stereocenters. The van der Waals surface area contributed by atoms with Crippen molar-refractivity contribution in [2.24, 2.45) is 12.0 Å². The Balaban J connectivity index is 1.24. The number of anilines is 1. The summed E-state index contributed by atoms with van der Waals surface area (Å²) < 4.78 is 16.3. The van der Waals surface area contributed by atoms with Gasteiger partial charge in [-0.3, -0.25) is 4.57 Å². The summed E-state index contributed by atoms with van der Waals surface area (Å²) in [6.07, 6.45) is 5.18. The van der Waals surface area contributed by atoms with E-state index in [2.05, 4.69) is 58.1 Å². The molecule has 0 saturated carbocycles. The molecule has 174 valence electrons. The summed E-state index contributed by atoms with van der Waals surface area (Å²) in [6, 6.07) is 26.8. The maximum Gasteiger partial charge on any atom is 0.297 e. The molecule has 6 rings (SSSR count). The van der Waals surface area contributed by atoms with Gasteiger partial charge in [0.05, 0.1) is 23.1 Å². The van der Waals surface area contributed by atoms with E-state index in [9.17, 15) is 0 Å². The predicted octanol–water partition coefficient (Wildman–Crippen LogP) is 5.03. The van der Waals surface area contributed by atoms with Crippen LogP contribution in [0.1, 0.15) is 12.0 Å². The maximum atomic E-state index is 6.11. The van der Waals surface area contributed by atoms with Gasteiger partial charge in [-0.1, -0.05) is 36.4 Å². The molecule has 0 spiro atoms. The fourth-order valence-electron chi connectivity index (χ4n) is 4.65. The van der Waals surface area contributed by atoms with Gasteiger partial charge in [0.15, 0.2) is 24.1 Å². The van der Waals surface area contributed by atoms with Gasteiger partial charge in [0, 0.05) is 38.7 Å². The SMILES string of the molecule is CN1C(=Cc2cc[n+](CCCN=c3oc4ccccc4n3C)c3ccccc23)Oc2ccccc21. The van der Waals surface area contributed by atoms with Crippen molar-refractivity contribution in [2.75, 3.05) is 18.5 Å². The number of para-hydroxylation sites is 5. The summed E-state index contributed by atoms with van der Waals surface area (Å²) in [7, 11) is 4.03. The number of pyridine rings is 1. The first kappa shape index (κ1) is 21.2. The van der Waals surface area contributed by atoms with Crippen molar-refractivity contribution in [3.8, 4) is 5.75 Å². The first-order valence-corrected chi connectivity index (χ1v) is 11.9. The molecule has 1 aliphatic rings. The standard InChI is InChI=1S/C29H27N4O2/c1-31-24-12-5-7-14-26(24)34-28(31)20-21-16-19-33(23-11-4-3-10-22(21)23)18-9-17-30-29-32(2)25-13-6-8-15-27(25)35-29/h3-8,10-16,19-20H,9,17-18H2,1-2H3/q+1. The van der Waals surface area contributed by atoms with Crippen molar-refractivity contribution in [3.05, 3.63) is 102 Å². The Hall–Kier alpha value is -4.32. The highest BCUT2D eigenvalue weighted by Crippen LogP contribution is 2.38. The molecule has 0 N–H and O–H groups in total. The molecular formula is C29H27N4O2+. The quantitative estimate of drug-likeness (QED) is 0.271. The normalized spacial score (nSPS) is 14.7. The zero-order chi connectivity index (χ0) is 23.8. The van der Waals surface area contributed by atoms with Crippen molar-refractivity contribution in [3.63, 3.8) is 0 Å². The lowest BCUT2D eigenvalue weighted by Crippen LogP contribution is -2.34. The Kier molecular flexibility index (Phi) is 5.34. The van der Waals surface area contributed by atoms with Crippen molar-refractivity contribution in [2.45, 2.75) is 13.0 Å². The molecule has 0 fully saturated rings. The van der Waals surface area contributed by atoms with Crippen LogP contribution >= 0.6 is 0 Å². The number of ether oxygens (including phenoxy) is 1. The van der Waals surface area contributed by atoms with Crippen LogP contribution < -0.4 is 19.9 Å². The van der Waals surface area contributed by atoms with Crippen LogP contribution in [0.25, 0.3) is 28.1 Å². The summed E-state index contributed by atoms with van der Waals surface area (Å²) in [5, 5.41) is 1.19. The topological polar surface area (TPSA) is 46.8 Å². The molecule has 5 aromatic rings. The van der Waals surface area contributed by atoms with E-state index in [0.717, 1.165) is 46.9 Å². The molecule has 0 bridgehead atoms. The zero-order valence-electron chi connectivity index (χ0n) is 19.9. The minimum Gasteiger partial charge on any atom is -0.439 e. The van der Waals surface area contributed by atoms with Crippen LogP contribution in [-0.4, -0.2) is 18.2 Å². The molecule has 3 aromatic carbocycles. The van der Waals surface area contributed by atoms with Crippen LogP contribution in [0.15, 0.2) is 100 Å². The highest BCUT2D eigenvalue weighted by atomic mass is 16.5. The highest BCUT2D eigenvalue weighted by Gasteiger charge is 2.23. The second-order valence-electron chi connectivity index (χ2n) is 8.74. The van der Waals surface area contributed by atoms with E-state index in [1.54, 1.807) is 0 Å². The van der Waals surface area contributed by atoms with Crippen molar-refractivity contribution in [1.29, 1.82) is 0 Å². The Morgan fingerprint density at radius 3 is 2.60 bits per heavy atom. The number of hydrogen-bond donors (Lipinski definition) is 0. The van der Waals surface area contributed by atoms with E-state index in [4.69, 9.17) is 14.1 Å². The van der Waals surface area contributed by atoms with Crippen LogP contribution in [0.2, 0.25) is 0 Å². The average molecular weight is 464 g/mol. The van der Waals surface area contributed by atoms with Gasteiger partial charge in [-0.2, -0.15) is 4.57 Å². The molecule has 2 aromatic heterocycles. The number of hydrogen-bond acceptors (Lipinski definition) is 4. The van der Waals surface area contributed by atoms with Gasteiger partial charge in [0.2, 0.25) is 11.4 Å². The van der Waals surface area contributed by atoms with Gasteiger partial charge >= 0.3 is 0 Å². The van der Waals surface area contributed by atoms with Crippen LogP contribution in [-0.2, 0) is 13.6 Å². The Morgan fingerprint density at radius 2 is 1.71 bits per heavy atom. The summed E-state index contributed by atoms with van der Waals surface area (Å²) >= 11 is 0. The lowest BCUT2D eigenvalue weighted by atomic mass is 10.1. The van der Waals surface area contributed by atoms with Crippen molar-refractivity contribution < 1.29 is 13.7 Å². The molecule has 0 amide bonds. The summed E-state index contributed by atoms with van der Waals surface area (Å²) in [6.45, 7) is 1.56. The fourth-order valence-corrected chi connectivity index (χ4v) is 4.65. The third-order valence-electron chi connectivity index (χ3n) is 6.53. The molecule has 3 heterocycles. The fraction of sp³-hybridized carbons (Fsp3) is 0.172. The molecular weight excluding hydrogens is 436 g/mol. The zero-order valence-corrected chi connectivity index (χ0v) is 19.9. The van der Waals surface area contributed by atoms with Crippen LogP contribution in [0.5, 0.6) is 5.75 Å². The number of oxazole rings is 1. The van der Waals surface area contributed by atoms with E-state index in [1.807, 2.05) is 61.1 Å². The van der Waals surface area contributed by atoms with Gasteiger partial charge in [-0.15, -0.1) is 0 Å². The Morgan fingerprint density at radius 1 is 0.914 bits per heavy atom. The predicted molar refractivity (Wildman–Crippen MR) is 138 cm³/mol. The van der Waals surface area contributed by atoms with Gasteiger partial charge in [-0.05, 0) is 35.9 Å². The number of benzene rings is 3. The van der Waals surface area contributed by atoms with Crippen molar-refractivity contribution >= 4 is 33.8 Å². The molecule has 6 nitrogen and oxygen atoms in total. The average Bonchev–Trinajstić information content (AvgIpc) is 3.39. The lowest BCUT2D eigenvalue weighted by molar-refractivity contribution is -0.671. The van der Waals surface area contributed by atoms with E-state index in [1.165, 1.54) is 10.9 Å². The first-order valence-electron chi connectivity index (χ1n) is 11.9. The number of fused-ring (bicyclic) bond motifs is 3. The van der Waals surface area contributed by atoms with E-state index in [-0.39, 0.29) is 0 Å². The van der Waals surface area contributed by atoms with Crippen LogP contribution in [0.4, 0.5) is 5.69 Å². The van der Waals surface area contributed by atoms with Crippen LogP contribution in [0, 0.1) is 0 Å². The summed E-state index contributed by atoms with van der Waals surface area (Å²) in [5.74, 6) is 1.71. The second-order valence-corrected chi connectivity index (χ2v) is 8.74. The second kappa shape index (κ2) is 8.80. The van der Waals surface area contributed by atoms with Crippen LogP contribution in [0.3, 0.4) is 0 Å². The number of aromatic nitrogens is 2. The van der Waals surface area contributed by atoms with Gasteiger partial charge in [0.1, 0.15) is 0 Å². The molecule has 1 aliphatic heterocycles. The maximum absolute atomic E-state index is 6.11. The highest BCUT2D eigenvalue weighted by molar-refractivity contribution is 5.87. The monoisotopic (exact) mass is 463 g/mol. The smallest absolute Gasteiger partial charge is 0.297 e. The van der Waals surface area contributed by atoms with Crippen molar-refractivity contribution in [1.82, 2.24) is 4.57 Å². The van der Waals surface area contributed by atoms with Gasteiger partial charge < -0.3 is 14.1 Å².